The highest BCUT2D eigenvalue weighted by atomic mass is 16.5. The highest BCUT2D eigenvalue weighted by Crippen LogP contribution is 2.41. The topological polar surface area (TPSA) is 146 Å². The number of anilines is 2. The maximum atomic E-state index is 11.3. The van der Waals surface area contributed by atoms with E-state index in [0.29, 0.717) is 70.8 Å². The summed E-state index contributed by atoms with van der Waals surface area (Å²) in [5.41, 5.74) is 0.941. The van der Waals surface area contributed by atoms with E-state index >= 15 is 0 Å². The number of nitrogens with zero attached hydrogens (tertiary/aromatic N) is 3. The summed E-state index contributed by atoms with van der Waals surface area (Å²) in [5.74, 6) is 2.44. The Kier molecular flexibility index (Phi) is 6.99. The molecule has 3 unspecified atom stereocenters. The molecule has 10 heteroatoms. The molecule has 5 rings (SSSR count). The zero-order valence-electron chi connectivity index (χ0n) is 21.9. The molecule has 37 heavy (non-hydrogen) atoms. The molecular weight excluding hydrogens is 474 g/mol. The maximum absolute atomic E-state index is 11.3. The van der Waals surface area contributed by atoms with Crippen LogP contribution in [0.3, 0.4) is 0 Å². The minimum absolute atomic E-state index is 0.202. The molecule has 3 atom stereocenters. The number of hydrogen-bond donors (Lipinski definition) is 5. The predicted octanol–water partition coefficient (Wildman–Crippen LogP) is 3.62. The minimum atomic E-state index is -1.64. The molecule has 0 bridgehead atoms. The fourth-order valence-corrected chi connectivity index (χ4v) is 4.85. The molecule has 2 saturated carbocycles. The van der Waals surface area contributed by atoms with Crippen LogP contribution in [-0.4, -0.2) is 61.9 Å². The molecule has 2 fully saturated rings. The summed E-state index contributed by atoms with van der Waals surface area (Å²) in [4.78, 5) is 13.9. The van der Waals surface area contributed by atoms with E-state index in [1.807, 2.05) is 26.0 Å². The molecule has 0 aliphatic heterocycles. The van der Waals surface area contributed by atoms with Gasteiger partial charge in [0, 0.05) is 30.5 Å². The Morgan fingerprint density at radius 3 is 2.59 bits per heavy atom. The van der Waals surface area contributed by atoms with Gasteiger partial charge in [0.2, 0.25) is 11.8 Å². The number of fused-ring (bicyclic) bond motifs is 1. The highest BCUT2D eigenvalue weighted by Gasteiger charge is 2.47. The van der Waals surface area contributed by atoms with Crippen LogP contribution in [0.25, 0.3) is 22.3 Å². The first-order valence-electron chi connectivity index (χ1n) is 13.1. The van der Waals surface area contributed by atoms with Gasteiger partial charge in [0.25, 0.3) is 0 Å². The standard InChI is InChI=1S/C27H37N5O5/c1-14(2)13-36-21-10-19-9-20(37-23(19)16(4)29-21)22-15(3)30-26(28-11-17-5-6-17)31-25(22)32-27(35)8-7-18(12-33)24(27)34/h9-10,14,17-18,24,33-35H,5-8,11-13H2,1-4H3,(H2,28,30,31,32). The summed E-state index contributed by atoms with van der Waals surface area (Å²) in [7, 11) is 0. The van der Waals surface area contributed by atoms with E-state index in [4.69, 9.17) is 14.1 Å². The first-order chi connectivity index (χ1) is 17.7. The van der Waals surface area contributed by atoms with Gasteiger partial charge < -0.3 is 35.1 Å². The van der Waals surface area contributed by atoms with Crippen LogP contribution in [0.2, 0.25) is 0 Å². The third kappa shape index (κ3) is 5.37. The quantitative estimate of drug-likeness (QED) is 0.256. The van der Waals surface area contributed by atoms with Crippen molar-refractivity contribution in [3.8, 4) is 17.2 Å². The number of aryl methyl sites for hydroxylation is 2. The molecule has 200 valence electrons. The van der Waals surface area contributed by atoms with Crippen molar-refractivity contribution in [3.05, 3.63) is 23.5 Å². The average molecular weight is 512 g/mol. The van der Waals surface area contributed by atoms with Crippen LogP contribution >= 0.6 is 0 Å². The highest BCUT2D eigenvalue weighted by molar-refractivity contribution is 5.88. The summed E-state index contributed by atoms with van der Waals surface area (Å²) >= 11 is 0. The number of furan rings is 1. The lowest BCUT2D eigenvalue weighted by Crippen LogP contribution is -2.48. The lowest BCUT2D eigenvalue weighted by atomic mass is 10.0. The zero-order chi connectivity index (χ0) is 26.3. The summed E-state index contributed by atoms with van der Waals surface area (Å²) in [6.45, 7) is 9.05. The molecule has 0 spiro atoms. The fourth-order valence-electron chi connectivity index (χ4n) is 4.85. The van der Waals surface area contributed by atoms with Crippen LogP contribution in [0.4, 0.5) is 11.8 Å². The smallest absolute Gasteiger partial charge is 0.224 e. The molecule has 5 N–H and O–H groups in total. The molecule has 3 aromatic heterocycles. The number of rotatable bonds is 10. The zero-order valence-corrected chi connectivity index (χ0v) is 21.9. The van der Waals surface area contributed by atoms with E-state index in [9.17, 15) is 15.3 Å². The van der Waals surface area contributed by atoms with Gasteiger partial charge in [-0.05, 0) is 57.4 Å². The molecule has 0 radical (unpaired) electrons. The predicted molar refractivity (Wildman–Crippen MR) is 140 cm³/mol. The number of nitrogens with one attached hydrogen (secondary N) is 2. The third-order valence-corrected chi connectivity index (χ3v) is 7.19. The van der Waals surface area contributed by atoms with Gasteiger partial charge in [-0.2, -0.15) is 4.98 Å². The Balaban J connectivity index is 1.54. The SMILES string of the molecule is Cc1nc(NCC2CC2)nc(NC2(O)CCC(CO)C2O)c1-c1cc2cc(OCC(C)C)nc(C)c2o1. The summed E-state index contributed by atoms with van der Waals surface area (Å²) in [5, 5.41) is 38.9. The number of ether oxygens (including phenoxy) is 1. The Labute approximate surface area is 216 Å². The van der Waals surface area contributed by atoms with Gasteiger partial charge in [0.05, 0.1) is 23.6 Å². The lowest BCUT2D eigenvalue weighted by Gasteiger charge is -2.31. The summed E-state index contributed by atoms with van der Waals surface area (Å²) in [6, 6.07) is 3.75. The molecule has 0 amide bonds. The van der Waals surface area contributed by atoms with Crippen molar-refractivity contribution in [2.45, 2.75) is 65.2 Å². The summed E-state index contributed by atoms with van der Waals surface area (Å²) in [6.07, 6.45) is 2.00. The first-order valence-corrected chi connectivity index (χ1v) is 13.1. The largest absolute Gasteiger partial charge is 0.477 e. The van der Waals surface area contributed by atoms with Crippen molar-refractivity contribution in [2.75, 3.05) is 30.4 Å². The molecular formula is C27H37N5O5. The first kappa shape index (κ1) is 25.7. The van der Waals surface area contributed by atoms with Crippen molar-refractivity contribution in [3.63, 3.8) is 0 Å². The van der Waals surface area contributed by atoms with Gasteiger partial charge >= 0.3 is 0 Å². The molecule has 3 aromatic rings. The van der Waals surface area contributed by atoms with Crippen LogP contribution in [0.15, 0.2) is 16.5 Å². The maximum Gasteiger partial charge on any atom is 0.224 e. The normalized spacial score (nSPS) is 23.7. The molecule has 0 saturated heterocycles. The van der Waals surface area contributed by atoms with Crippen LogP contribution in [0, 0.1) is 31.6 Å². The van der Waals surface area contributed by atoms with Crippen molar-refractivity contribution in [1.29, 1.82) is 0 Å². The van der Waals surface area contributed by atoms with Crippen molar-refractivity contribution >= 4 is 22.7 Å². The van der Waals surface area contributed by atoms with Crippen LogP contribution in [0.5, 0.6) is 5.88 Å². The molecule has 2 aliphatic carbocycles. The van der Waals surface area contributed by atoms with Gasteiger partial charge in [-0.1, -0.05) is 13.8 Å². The minimum Gasteiger partial charge on any atom is -0.477 e. The Morgan fingerprint density at radius 1 is 1.14 bits per heavy atom. The molecule has 2 aliphatic rings. The third-order valence-electron chi connectivity index (χ3n) is 7.19. The number of pyridine rings is 1. The Bertz CT molecular complexity index is 1270. The van der Waals surface area contributed by atoms with E-state index in [0.717, 1.165) is 11.9 Å². The van der Waals surface area contributed by atoms with E-state index in [-0.39, 0.29) is 13.0 Å². The van der Waals surface area contributed by atoms with Crippen LogP contribution < -0.4 is 15.4 Å². The second-order valence-corrected chi connectivity index (χ2v) is 10.9. The average Bonchev–Trinajstić information content (AvgIpc) is 3.51. The second kappa shape index (κ2) is 10.1. The van der Waals surface area contributed by atoms with Gasteiger partial charge in [-0.15, -0.1) is 0 Å². The van der Waals surface area contributed by atoms with Crippen LogP contribution in [-0.2, 0) is 0 Å². The van der Waals surface area contributed by atoms with Crippen LogP contribution in [0.1, 0.15) is 50.9 Å². The number of aromatic nitrogens is 3. The number of hydrogen-bond acceptors (Lipinski definition) is 10. The van der Waals surface area contributed by atoms with E-state index < -0.39 is 17.7 Å². The summed E-state index contributed by atoms with van der Waals surface area (Å²) < 4.78 is 12.1. The van der Waals surface area contributed by atoms with Crippen molar-refractivity contribution < 1.29 is 24.5 Å². The van der Waals surface area contributed by atoms with Crippen molar-refractivity contribution in [2.24, 2.45) is 17.8 Å². The van der Waals surface area contributed by atoms with Gasteiger partial charge in [-0.3, -0.25) is 0 Å². The Hall–Kier alpha value is -2.95. The van der Waals surface area contributed by atoms with E-state index in [1.54, 1.807) is 0 Å². The van der Waals surface area contributed by atoms with Gasteiger partial charge in [-0.25, -0.2) is 9.97 Å². The van der Waals surface area contributed by atoms with Gasteiger partial charge in [0.1, 0.15) is 17.7 Å². The lowest BCUT2D eigenvalue weighted by molar-refractivity contribution is -0.0545. The van der Waals surface area contributed by atoms with E-state index in [1.165, 1.54) is 12.8 Å². The van der Waals surface area contributed by atoms with E-state index in [2.05, 4.69) is 34.4 Å². The number of aliphatic hydroxyl groups is 3. The number of aliphatic hydroxyl groups excluding tert-OH is 2. The molecule has 10 nitrogen and oxygen atoms in total. The monoisotopic (exact) mass is 511 g/mol. The molecule has 0 aromatic carbocycles. The fraction of sp³-hybridized carbons (Fsp3) is 0.593. The second-order valence-electron chi connectivity index (χ2n) is 10.9. The molecule has 3 heterocycles. The Morgan fingerprint density at radius 2 is 1.92 bits per heavy atom. The van der Waals surface area contributed by atoms with Gasteiger partial charge in [0.15, 0.2) is 11.3 Å². The van der Waals surface area contributed by atoms with Crippen molar-refractivity contribution in [1.82, 2.24) is 15.0 Å².